The topological polar surface area (TPSA) is 49.4 Å². The molecule has 0 atom stereocenters. The van der Waals surface area contributed by atoms with E-state index in [-0.39, 0.29) is 17.9 Å². The summed E-state index contributed by atoms with van der Waals surface area (Å²) in [6, 6.07) is 8.74. The summed E-state index contributed by atoms with van der Waals surface area (Å²) in [4.78, 5) is 25.2. The van der Waals surface area contributed by atoms with Crippen LogP contribution < -0.4 is 5.32 Å². The van der Waals surface area contributed by atoms with Gasteiger partial charge in [-0.3, -0.25) is 9.59 Å². The first kappa shape index (κ1) is 16.5. The third-order valence-electron chi connectivity index (χ3n) is 4.23. The molecule has 0 aromatic heterocycles. The predicted molar refractivity (Wildman–Crippen MR) is 87.5 cm³/mol. The molecule has 0 spiro atoms. The lowest BCUT2D eigenvalue weighted by molar-refractivity contribution is -0.132. The molecule has 0 aliphatic carbocycles. The van der Waals surface area contributed by atoms with Gasteiger partial charge in [-0.25, -0.2) is 0 Å². The van der Waals surface area contributed by atoms with Crippen LogP contribution in [-0.4, -0.2) is 35.8 Å². The number of carbonyl (C=O) groups excluding carboxylic acids is 2. The Labute approximate surface area is 132 Å². The van der Waals surface area contributed by atoms with E-state index >= 15 is 0 Å². The van der Waals surface area contributed by atoms with E-state index in [0.29, 0.717) is 6.42 Å². The second kappa shape index (κ2) is 7.97. The first-order chi connectivity index (χ1) is 10.5. The lowest BCUT2D eigenvalue weighted by Gasteiger charge is -2.32. The molecule has 0 radical (unpaired) electrons. The van der Waals surface area contributed by atoms with Crippen molar-refractivity contribution in [3.63, 3.8) is 0 Å². The highest BCUT2D eigenvalue weighted by atomic mass is 16.2. The standard InChI is InChI=1S/C18H26N2O2/c1-14-6-8-16(9-7-14)4-3-5-18(22)20-12-10-17(11-13-20)19-15(2)21/h6-9,17H,3-5,10-13H2,1-2H3,(H,19,21). The normalized spacial score (nSPS) is 15.6. The van der Waals surface area contributed by atoms with Gasteiger partial charge in [0.15, 0.2) is 0 Å². The Morgan fingerprint density at radius 1 is 1.18 bits per heavy atom. The van der Waals surface area contributed by atoms with Crippen LogP contribution in [0.25, 0.3) is 0 Å². The smallest absolute Gasteiger partial charge is 0.222 e. The van der Waals surface area contributed by atoms with Gasteiger partial charge in [0.1, 0.15) is 0 Å². The molecule has 0 unspecified atom stereocenters. The number of piperidine rings is 1. The summed E-state index contributed by atoms with van der Waals surface area (Å²) >= 11 is 0. The molecule has 1 aliphatic rings. The summed E-state index contributed by atoms with van der Waals surface area (Å²) in [7, 11) is 0. The van der Waals surface area contributed by atoms with E-state index in [4.69, 9.17) is 0 Å². The number of nitrogens with zero attached hydrogens (tertiary/aromatic N) is 1. The maximum atomic E-state index is 12.2. The third kappa shape index (κ3) is 5.17. The lowest BCUT2D eigenvalue weighted by Crippen LogP contribution is -2.46. The molecule has 1 saturated heterocycles. The van der Waals surface area contributed by atoms with Gasteiger partial charge < -0.3 is 10.2 Å². The predicted octanol–water partition coefficient (Wildman–Crippen LogP) is 2.44. The van der Waals surface area contributed by atoms with Crippen LogP contribution in [0, 0.1) is 6.92 Å². The molecule has 1 N–H and O–H groups in total. The highest BCUT2D eigenvalue weighted by molar-refractivity contribution is 5.76. The van der Waals surface area contributed by atoms with Gasteiger partial charge in [0.25, 0.3) is 0 Å². The Bertz CT molecular complexity index is 502. The van der Waals surface area contributed by atoms with Crippen molar-refractivity contribution in [1.29, 1.82) is 0 Å². The molecule has 1 aliphatic heterocycles. The first-order valence-corrected chi connectivity index (χ1v) is 8.15. The summed E-state index contributed by atoms with van der Waals surface area (Å²) < 4.78 is 0. The molecular formula is C18H26N2O2. The van der Waals surface area contributed by atoms with E-state index in [2.05, 4.69) is 36.5 Å². The average molecular weight is 302 g/mol. The van der Waals surface area contributed by atoms with Gasteiger partial charge >= 0.3 is 0 Å². The molecule has 1 fully saturated rings. The summed E-state index contributed by atoms with van der Waals surface area (Å²) in [5, 5.41) is 2.93. The van der Waals surface area contributed by atoms with Gasteiger partial charge in [0.05, 0.1) is 0 Å². The highest BCUT2D eigenvalue weighted by Crippen LogP contribution is 2.13. The molecular weight excluding hydrogens is 276 g/mol. The molecule has 22 heavy (non-hydrogen) atoms. The van der Waals surface area contributed by atoms with E-state index in [1.807, 2.05) is 4.90 Å². The number of rotatable bonds is 5. The zero-order chi connectivity index (χ0) is 15.9. The Kier molecular flexibility index (Phi) is 5.99. The highest BCUT2D eigenvalue weighted by Gasteiger charge is 2.22. The third-order valence-corrected chi connectivity index (χ3v) is 4.23. The van der Waals surface area contributed by atoms with Crippen molar-refractivity contribution in [2.75, 3.05) is 13.1 Å². The SMILES string of the molecule is CC(=O)NC1CCN(C(=O)CCCc2ccc(C)cc2)CC1. The monoisotopic (exact) mass is 302 g/mol. The average Bonchev–Trinajstić information content (AvgIpc) is 2.49. The van der Waals surface area contributed by atoms with Crippen molar-refractivity contribution in [3.05, 3.63) is 35.4 Å². The lowest BCUT2D eigenvalue weighted by atomic mass is 10.0. The fourth-order valence-corrected chi connectivity index (χ4v) is 2.92. The fraction of sp³-hybridized carbons (Fsp3) is 0.556. The minimum atomic E-state index is 0.0166. The van der Waals surface area contributed by atoms with E-state index in [9.17, 15) is 9.59 Å². The fourth-order valence-electron chi connectivity index (χ4n) is 2.92. The number of nitrogens with one attached hydrogen (secondary N) is 1. The van der Waals surface area contributed by atoms with Crippen LogP contribution in [0.2, 0.25) is 0 Å². The maximum absolute atomic E-state index is 12.2. The molecule has 120 valence electrons. The summed E-state index contributed by atoms with van der Waals surface area (Å²) in [6.45, 7) is 5.14. The van der Waals surface area contributed by atoms with Gasteiger partial charge in [-0.15, -0.1) is 0 Å². The Hall–Kier alpha value is -1.84. The maximum Gasteiger partial charge on any atom is 0.222 e. The number of benzene rings is 1. The quantitative estimate of drug-likeness (QED) is 0.908. The van der Waals surface area contributed by atoms with Gasteiger partial charge in [-0.1, -0.05) is 29.8 Å². The van der Waals surface area contributed by atoms with E-state index in [1.165, 1.54) is 11.1 Å². The van der Waals surface area contributed by atoms with E-state index in [0.717, 1.165) is 38.8 Å². The number of carbonyl (C=O) groups is 2. The van der Waals surface area contributed by atoms with Crippen LogP contribution in [0.1, 0.15) is 43.7 Å². The molecule has 0 saturated carbocycles. The van der Waals surface area contributed by atoms with Crippen LogP contribution in [0.5, 0.6) is 0 Å². The molecule has 2 rings (SSSR count). The van der Waals surface area contributed by atoms with Crippen LogP contribution in [0.4, 0.5) is 0 Å². The van der Waals surface area contributed by atoms with Crippen LogP contribution >= 0.6 is 0 Å². The van der Waals surface area contributed by atoms with Crippen molar-refractivity contribution < 1.29 is 9.59 Å². The molecule has 0 bridgehead atoms. The first-order valence-electron chi connectivity index (χ1n) is 8.15. The van der Waals surface area contributed by atoms with Crippen LogP contribution in [0.15, 0.2) is 24.3 Å². The second-order valence-electron chi connectivity index (χ2n) is 6.19. The molecule has 1 aromatic carbocycles. The molecule has 4 heteroatoms. The number of hydrogen-bond donors (Lipinski definition) is 1. The van der Waals surface area contributed by atoms with Gasteiger partial charge in [-0.05, 0) is 38.2 Å². The summed E-state index contributed by atoms with van der Waals surface area (Å²) in [6.07, 6.45) is 4.19. The number of aryl methyl sites for hydroxylation is 2. The van der Waals surface area contributed by atoms with Crippen molar-refractivity contribution >= 4 is 11.8 Å². The van der Waals surface area contributed by atoms with Crippen molar-refractivity contribution in [1.82, 2.24) is 10.2 Å². The number of likely N-dealkylation sites (tertiary alicyclic amines) is 1. The van der Waals surface area contributed by atoms with E-state index in [1.54, 1.807) is 6.92 Å². The summed E-state index contributed by atoms with van der Waals surface area (Å²) in [5.74, 6) is 0.260. The van der Waals surface area contributed by atoms with Crippen LogP contribution in [-0.2, 0) is 16.0 Å². The zero-order valence-corrected chi connectivity index (χ0v) is 13.6. The number of hydrogen-bond acceptors (Lipinski definition) is 2. The largest absolute Gasteiger partial charge is 0.353 e. The van der Waals surface area contributed by atoms with E-state index < -0.39 is 0 Å². The van der Waals surface area contributed by atoms with Crippen molar-refractivity contribution in [2.24, 2.45) is 0 Å². The zero-order valence-electron chi connectivity index (χ0n) is 13.6. The second-order valence-corrected chi connectivity index (χ2v) is 6.19. The molecule has 1 heterocycles. The molecule has 1 aromatic rings. The minimum absolute atomic E-state index is 0.0166. The van der Waals surface area contributed by atoms with Crippen molar-refractivity contribution in [3.8, 4) is 0 Å². The summed E-state index contributed by atoms with van der Waals surface area (Å²) in [5.41, 5.74) is 2.56. The van der Waals surface area contributed by atoms with Crippen LogP contribution in [0.3, 0.4) is 0 Å². The van der Waals surface area contributed by atoms with Crippen molar-refractivity contribution in [2.45, 2.75) is 52.0 Å². The molecule has 4 nitrogen and oxygen atoms in total. The Balaban J connectivity index is 1.68. The van der Waals surface area contributed by atoms with Gasteiger partial charge in [0, 0.05) is 32.5 Å². The van der Waals surface area contributed by atoms with Gasteiger partial charge in [0.2, 0.25) is 11.8 Å². The Morgan fingerprint density at radius 2 is 1.82 bits per heavy atom. The minimum Gasteiger partial charge on any atom is -0.353 e. The molecule has 2 amide bonds. The number of amides is 2. The van der Waals surface area contributed by atoms with Gasteiger partial charge in [-0.2, -0.15) is 0 Å². The Morgan fingerprint density at radius 3 is 2.41 bits per heavy atom.